The van der Waals surface area contributed by atoms with Gasteiger partial charge in [-0.3, -0.25) is 24.4 Å². The number of carbonyl (C=O) groups excluding carboxylic acids is 3. The standard InChI is InChI=1S/C22H25N3O5/c1-24-19(26)22(20(27)25(2)21(24)28,10-7-15-8-11-23-12-9-15)14-16-5-6-17(29-3)13-18(16)30-4/h5-6,8-9,11-13H,7,10,14H2,1-4H3. The topological polar surface area (TPSA) is 89.0 Å². The van der Waals surface area contributed by atoms with Crippen LogP contribution in [-0.4, -0.2) is 60.9 Å². The molecule has 8 nitrogen and oxygen atoms in total. The van der Waals surface area contributed by atoms with Crippen molar-refractivity contribution in [3.05, 3.63) is 53.9 Å². The Balaban J connectivity index is 2.04. The third kappa shape index (κ3) is 3.72. The summed E-state index contributed by atoms with van der Waals surface area (Å²) in [5.74, 6) is 0.0950. The Kier molecular flexibility index (Phi) is 6.05. The SMILES string of the molecule is COc1ccc(CC2(CCc3ccncc3)C(=O)N(C)C(=O)N(C)C2=O)c(OC)c1. The van der Waals surface area contributed by atoms with Gasteiger partial charge in [0.1, 0.15) is 16.9 Å². The summed E-state index contributed by atoms with van der Waals surface area (Å²) in [6, 6.07) is 8.30. The van der Waals surface area contributed by atoms with Crippen LogP contribution in [0.5, 0.6) is 11.5 Å². The number of hydrogen-bond acceptors (Lipinski definition) is 6. The molecule has 0 aliphatic carbocycles. The second kappa shape index (κ2) is 8.52. The van der Waals surface area contributed by atoms with Crippen molar-refractivity contribution in [3.8, 4) is 11.5 Å². The minimum atomic E-state index is -1.43. The highest BCUT2D eigenvalue weighted by atomic mass is 16.5. The van der Waals surface area contributed by atoms with E-state index in [0.717, 1.165) is 15.4 Å². The number of aryl methyl sites for hydroxylation is 1. The largest absolute Gasteiger partial charge is 0.497 e. The molecule has 0 bridgehead atoms. The van der Waals surface area contributed by atoms with Crippen LogP contribution in [0.15, 0.2) is 42.7 Å². The number of carbonyl (C=O) groups is 3. The summed E-state index contributed by atoms with van der Waals surface area (Å²) in [7, 11) is 5.88. The second-order valence-electron chi connectivity index (χ2n) is 7.30. The van der Waals surface area contributed by atoms with E-state index < -0.39 is 23.3 Å². The van der Waals surface area contributed by atoms with Crippen molar-refractivity contribution in [1.29, 1.82) is 0 Å². The molecule has 30 heavy (non-hydrogen) atoms. The van der Waals surface area contributed by atoms with Crippen LogP contribution >= 0.6 is 0 Å². The van der Waals surface area contributed by atoms with Crippen molar-refractivity contribution in [2.45, 2.75) is 19.3 Å². The maximum atomic E-state index is 13.3. The second-order valence-corrected chi connectivity index (χ2v) is 7.30. The van der Waals surface area contributed by atoms with Crippen LogP contribution in [0, 0.1) is 5.41 Å². The molecular weight excluding hydrogens is 386 g/mol. The van der Waals surface area contributed by atoms with Crippen LogP contribution in [-0.2, 0) is 22.4 Å². The predicted octanol–water partition coefficient (Wildman–Crippen LogP) is 2.31. The molecule has 1 aliphatic heterocycles. The van der Waals surface area contributed by atoms with Crippen LogP contribution in [0.4, 0.5) is 4.79 Å². The third-order valence-electron chi connectivity index (χ3n) is 5.58. The molecule has 0 radical (unpaired) electrons. The molecule has 0 spiro atoms. The molecule has 1 aliphatic rings. The summed E-state index contributed by atoms with van der Waals surface area (Å²) in [5.41, 5.74) is 0.211. The van der Waals surface area contributed by atoms with E-state index in [4.69, 9.17) is 9.47 Å². The fourth-order valence-corrected chi connectivity index (χ4v) is 3.82. The van der Waals surface area contributed by atoms with Gasteiger partial charge in [-0.25, -0.2) is 4.79 Å². The van der Waals surface area contributed by atoms with Gasteiger partial charge in [0, 0.05) is 32.6 Å². The van der Waals surface area contributed by atoms with E-state index >= 15 is 0 Å². The maximum absolute atomic E-state index is 13.3. The zero-order valence-corrected chi connectivity index (χ0v) is 17.5. The van der Waals surface area contributed by atoms with Crippen LogP contribution in [0.25, 0.3) is 0 Å². The highest BCUT2D eigenvalue weighted by molar-refractivity contribution is 6.18. The molecule has 4 amide bonds. The van der Waals surface area contributed by atoms with Crippen molar-refractivity contribution in [2.75, 3.05) is 28.3 Å². The predicted molar refractivity (Wildman–Crippen MR) is 109 cm³/mol. The smallest absolute Gasteiger partial charge is 0.332 e. The number of methoxy groups -OCH3 is 2. The van der Waals surface area contributed by atoms with Crippen LogP contribution in [0.2, 0.25) is 0 Å². The molecule has 8 heteroatoms. The number of imide groups is 2. The number of pyridine rings is 1. The van der Waals surface area contributed by atoms with Crippen molar-refractivity contribution in [2.24, 2.45) is 5.41 Å². The quantitative estimate of drug-likeness (QED) is 0.650. The Morgan fingerprint density at radius 1 is 0.933 bits per heavy atom. The van der Waals surface area contributed by atoms with Crippen molar-refractivity contribution in [3.63, 3.8) is 0 Å². The van der Waals surface area contributed by atoms with Crippen LogP contribution in [0.1, 0.15) is 17.5 Å². The molecule has 158 valence electrons. The number of urea groups is 1. The van der Waals surface area contributed by atoms with Gasteiger partial charge in [-0.2, -0.15) is 0 Å². The zero-order valence-electron chi connectivity index (χ0n) is 17.5. The van der Waals surface area contributed by atoms with E-state index in [1.165, 1.54) is 21.2 Å². The molecule has 0 N–H and O–H groups in total. The number of ether oxygens (including phenoxy) is 2. The first kappa shape index (κ1) is 21.3. The van der Waals surface area contributed by atoms with Gasteiger partial charge in [-0.05, 0) is 48.6 Å². The van der Waals surface area contributed by atoms with Crippen LogP contribution in [0.3, 0.4) is 0 Å². The molecule has 2 aromatic rings. The Morgan fingerprint density at radius 2 is 1.57 bits per heavy atom. The van der Waals surface area contributed by atoms with E-state index in [9.17, 15) is 14.4 Å². The van der Waals surface area contributed by atoms with Crippen molar-refractivity contribution >= 4 is 17.8 Å². The highest BCUT2D eigenvalue weighted by Gasteiger charge is 2.55. The van der Waals surface area contributed by atoms with Gasteiger partial charge < -0.3 is 9.47 Å². The molecule has 2 heterocycles. The Hall–Kier alpha value is -3.42. The number of barbiturate groups is 1. The first-order valence-corrected chi connectivity index (χ1v) is 9.54. The number of amides is 4. The van der Waals surface area contributed by atoms with Gasteiger partial charge in [0.15, 0.2) is 0 Å². The number of hydrogen-bond donors (Lipinski definition) is 0. The zero-order chi connectivity index (χ0) is 21.9. The van der Waals surface area contributed by atoms with Gasteiger partial charge in [0.25, 0.3) is 0 Å². The summed E-state index contributed by atoms with van der Waals surface area (Å²) in [6.07, 6.45) is 4.16. The normalized spacial score (nSPS) is 16.1. The van der Waals surface area contributed by atoms with Gasteiger partial charge in [-0.15, -0.1) is 0 Å². The lowest BCUT2D eigenvalue weighted by molar-refractivity contribution is -0.157. The molecule has 0 atom stereocenters. The van der Waals surface area contributed by atoms with Crippen molar-refractivity contribution < 1.29 is 23.9 Å². The monoisotopic (exact) mass is 411 g/mol. The van der Waals surface area contributed by atoms with Crippen molar-refractivity contribution in [1.82, 2.24) is 14.8 Å². The van der Waals surface area contributed by atoms with Gasteiger partial charge in [-0.1, -0.05) is 6.07 Å². The molecule has 1 aromatic carbocycles. The number of benzene rings is 1. The average molecular weight is 411 g/mol. The van der Waals surface area contributed by atoms with E-state index in [2.05, 4.69) is 4.98 Å². The summed E-state index contributed by atoms with van der Waals surface area (Å²) >= 11 is 0. The summed E-state index contributed by atoms with van der Waals surface area (Å²) in [6.45, 7) is 0. The Labute approximate surface area is 175 Å². The fourth-order valence-electron chi connectivity index (χ4n) is 3.82. The van der Waals surface area contributed by atoms with Gasteiger partial charge >= 0.3 is 6.03 Å². The fraction of sp³-hybridized carbons (Fsp3) is 0.364. The van der Waals surface area contributed by atoms with Gasteiger partial charge in [0.05, 0.1) is 14.2 Å². The number of rotatable bonds is 7. The van der Waals surface area contributed by atoms with Gasteiger partial charge in [0.2, 0.25) is 11.8 Å². The minimum Gasteiger partial charge on any atom is -0.497 e. The molecule has 0 unspecified atom stereocenters. The van der Waals surface area contributed by atoms with E-state index in [0.29, 0.717) is 23.5 Å². The Morgan fingerprint density at radius 3 is 2.13 bits per heavy atom. The van der Waals surface area contributed by atoms with Crippen LogP contribution < -0.4 is 9.47 Å². The molecule has 1 saturated heterocycles. The van der Waals surface area contributed by atoms with E-state index in [1.807, 2.05) is 12.1 Å². The molecular formula is C22H25N3O5. The average Bonchev–Trinajstić information content (AvgIpc) is 2.79. The summed E-state index contributed by atoms with van der Waals surface area (Å²) in [4.78, 5) is 45.1. The maximum Gasteiger partial charge on any atom is 0.332 e. The Bertz CT molecular complexity index is 937. The summed E-state index contributed by atoms with van der Waals surface area (Å²) < 4.78 is 10.7. The lowest BCUT2D eigenvalue weighted by atomic mass is 9.73. The first-order chi connectivity index (χ1) is 14.3. The lowest BCUT2D eigenvalue weighted by Gasteiger charge is -2.42. The molecule has 0 saturated carbocycles. The molecule has 3 rings (SSSR count). The van der Waals surface area contributed by atoms with E-state index in [-0.39, 0.29) is 12.8 Å². The van der Waals surface area contributed by atoms with E-state index in [1.54, 1.807) is 37.7 Å². The third-order valence-corrected chi connectivity index (χ3v) is 5.58. The first-order valence-electron chi connectivity index (χ1n) is 9.54. The number of nitrogens with zero attached hydrogens (tertiary/aromatic N) is 3. The number of aromatic nitrogens is 1. The molecule has 1 fully saturated rings. The highest BCUT2D eigenvalue weighted by Crippen LogP contribution is 2.39. The minimum absolute atomic E-state index is 0.102. The summed E-state index contributed by atoms with van der Waals surface area (Å²) in [5, 5.41) is 0. The molecule has 1 aromatic heterocycles. The lowest BCUT2D eigenvalue weighted by Crippen LogP contribution is -2.63.